The van der Waals surface area contributed by atoms with Gasteiger partial charge in [0.05, 0.1) is 23.5 Å². The largest absolute Gasteiger partial charge is 0.454 e. The van der Waals surface area contributed by atoms with Gasteiger partial charge in [0.1, 0.15) is 5.01 Å². The fourth-order valence-electron chi connectivity index (χ4n) is 4.16. The molecule has 9 heteroatoms. The fraction of sp³-hybridized carbons (Fsp3) is 0.207. The first-order valence-corrected chi connectivity index (χ1v) is 12.9. The highest BCUT2D eigenvalue weighted by Gasteiger charge is 2.30. The van der Waals surface area contributed by atoms with E-state index >= 15 is 0 Å². The number of fused-ring (bicyclic) bond motifs is 1. The maximum Gasteiger partial charge on any atom is 0.416 e. The topological polar surface area (TPSA) is 46.6 Å². The van der Waals surface area contributed by atoms with Crippen molar-refractivity contribution in [3.05, 3.63) is 112 Å². The molecule has 0 unspecified atom stereocenters. The molecule has 3 aromatic carbocycles. The Hall–Kier alpha value is -3.82. The highest BCUT2D eigenvalue weighted by molar-refractivity contribution is 7.09. The van der Waals surface area contributed by atoms with Gasteiger partial charge in [-0.2, -0.15) is 13.2 Å². The molecule has 1 aromatic heterocycles. The van der Waals surface area contributed by atoms with Gasteiger partial charge < -0.3 is 14.8 Å². The Kier molecular flexibility index (Phi) is 7.40. The van der Waals surface area contributed by atoms with Gasteiger partial charge in [-0.3, -0.25) is 4.90 Å². The fourth-order valence-corrected chi connectivity index (χ4v) is 5.01. The van der Waals surface area contributed by atoms with E-state index in [1.807, 2.05) is 54.8 Å². The molecule has 2 heterocycles. The van der Waals surface area contributed by atoms with Gasteiger partial charge in [0.2, 0.25) is 6.79 Å². The van der Waals surface area contributed by atoms with Crippen molar-refractivity contribution >= 4 is 22.7 Å². The van der Waals surface area contributed by atoms with Crippen LogP contribution in [0, 0.1) is 6.92 Å². The molecular weight excluding hydrogens is 511 g/mol. The first-order valence-electron chi connectivity index (χ1n) is 12.0. The predicted molar refractivity (Wildman–Crippen MR) is 143 cm³/mol. The highest BCUT2D eigenvalue weighted by Crippen LogP contribution is 2.34. The first-order chi connectivity index (χ1) is 18.2. The lowest BCUT2D eigenvalue weighted by atomic mass is 10.1. The van der Waals surface area contributed by atoms with Gasteiger partial charge in [0, 0.05) is 24.2 Å². The summed E-state index contributed by atoms with van der Waals surface area (Å²) in [6, 6.07) is 19.1. The zero-order valence-electron chi connectivity index (χ0n) is 20.7. The van der Waals surface area contributed by atoms with Crippen LogP contribution in [0.3, 0.4) is 0 Å². The second-order valence-corrected chi connectivity index (χ2v) is 10.1. The Morgan fingerprint density at radius 2 is 1.71 bits per heavy atom. The van der Waals surface area contributed by atoms with E-state index in [0.29, 0.717) is 42.4 Å². The average Bonchev–Trinajstić information content (AvgIpc) is 3.54. The molecule has 4 aromatic rings. The van der Waals surface area contributed by atoms with Gasteiger partial charge in [-0.05, 0) is 48.4 Å². The normalized spacial score (nSPS) is 12.7. The molecular formula is C29H26F3N3O2S. The molecule has 1 aliphatic rings. The van der Waals surface area contributed by atoms with Gasteiger partial charge in [0.15, 0.2) is 11.5 Å². The lowest BCUT2D eigenvalue weighted by Gasteiger charge is -2.22. The van der Waals surface area contributed by atoms with E-state index in [0.717, 1.165) is 28.0 Å². The summed E-state index contributed by atoms with van der Waals surface area (Å²) >= 11 is 1.49. The maximum atomic E-state index is 13.3. The predicted octanol–water partition coefficient (Wildman–Crippen LogP) is 7.48. The number of aromatic nitrogens is 1. The SMILES string of the molecule is C=C(Nc1ccc(C)cc1)c1csc(CN(Cc2cccc(C(F)(F)F)c2)Cc2ccc3c(c2)OCO3)n1. The molecule has 5 rings (SSSR count). The first kappa shape index (κ1) is 25.8. The Labute approximate surface area is 223 Å². The van der Waals surface area contributed by atoms with Crippen LogP contribution in [0.25, 0.3) is 5.70 Å². The van der Waals surface area contributed by atoms with Crippen molar-refractivity contribution in [2.75, 3.05) is 12.1 Å². The number of rotatable bonds is 9. The van der Waals surface area contributed by atoms with Crippen molar-refractivity contribution in [3.8, 4) is 11.5 Å². The molecule has 1 aliphatic heterocycles. The number of thiazole rings is 1. The van der Waals surface area contributed by atoms with E-state index in [9.17, 15) is 13.2 Å². The Balaban J connectivity index is 1.34. The zero-order chi connectivity index (χ0) is 26.7. The lowest BCUT2D eigenvalue weighted by molar-refractivity contribution is -0.137. The Morgan fingerprint density at radius 3 is 2.47 bits per heavy atom. The molecule has 0 atom stereocenters. The number of hydrogen-bond acceptors (Lipinski definition) is 6. The molecule has 1 N–H and O–H groups in total. The van der Waals surface area contributed by atoms with E-state index in [1.54, 1.807) is 6.07 Å². The summed E-state index contributed by atoms with van der Waals surface area (Å²) in [5.74, 6) is 1.35. The van der Waals surface area contributed by atoms with E-state index in [-0.39, 0.29) is 6.79 Å². The van der Waals surface area contributed by atoms with Crippen LogP contribution >= 0.6 is 11.3 Å². The van der Waals surface area contributed by atoms with Crippen molar-refractivity contribution in [3.63, 3.8) is 0 Å². The van der Waals surface area contributed by atoms with Crippen molar-refractivity contribution in [2.45, 2.75) is 32.7 Å². The summed E-state index contributed by atoms with van der Waals surface area (Å²) in [4.78, 5) is 6.81. The minimum atomic E-state index is -4.40. The number of nitrogens with one attached hydrogen (secondary N) is 1. The van der Waals surface area contributed by atoms with E-state index in [2.05, 4.69) is 16.8 Å². The summed E-state index contributed by atoms with van der Waals surface area (Å²) < 4.78 is 50.9. The number of hydrogen-bond donors (Lipinski definition) is 1. The second kappa shape index (κ2) is 10.9. The average molecular weight is 538 g/mol. The number of alkyl halides is 3. The summed E-state index contributed by atoms with van der Waals surface area (Å²) in [6.07, 6.45) is -4.40. The smallest absolute Gasteiger partial charge is 0.416 e. The molecule has 0 saturated heterocycles. The van der Waals surface area contributed by atoms with Crippen LogP contribution in [-0.2, 0) is 25.8 Å². The monoisotopic (exact) mass is 537 g/mol. The molecule has 0 bridgehead atoms. The third kappa shape index (κ3) is 6.35. The van der Waals surface area contributed by atoms with Gasteiger partial charge in [-0.15, -0.1) is 11.3 Å². The van der Waals surface area contributed by atoms with Crippen LogP contribution in [0.1, 0.15) is 33.0 Å². The minimum absolute atomic E-state index is 0.176. The number of benzene rings is 3. The van der Waals surface area contributed by atoms with Crippen LogP contribution in [-0.4, -0.2) is 16.7 Å². The van der Waals surface area contributed by atoms with Gasteiger partial charge in [-0.1, -0.05) is 48.5 Å². The molecule has 0 amide bonds. The van der Waals surface area contributed by atoms with Crippen LogP contribution < -0.4 is 14.8 Å². The highest BCUT2D eigenvalue weighted by atomic mass is 32.1. The van der Waals surface area contributed by atoms with Crippen molar-refractivity contribution in [1.82, 2.24) is 9.88 Å². The molecule has 0 radical (unpaired) electrons. The summed E-state index contributed by atoms with van der Waals surface area (Å²) in [7, 11) is 0. The van der Waals surface area contributed by atoms with Crippen molar-refractivity contribution < 1.29 is 22.6 Å². The van der Waals surface area contributed by atoms with Crippen LogP contribution in [0.5, 0.6) is 11.5 Å². The van der Waals surface area contributed by atoms with Crippen molar-refractivity contribution in [2.24, 2.45) is 0 Å². The van der Waals surface area contributed by atoms with E-state index in [1.165, 1.54) is 29.0 Å². The summed E-state index contributed by atoms with van der Waals surface area (Å²) in [6.45, 7) is 7.58. The molecule has 0 saturated carbocycles. The van der Waals surface area contributed by atoms with E-state index in [4.69, 9.17) is 14.5 Å². The third-order valence-corrected chi connectivity index (χ3v) is 6.90. The number of aryl methyl sites for hydroxylation is 1. The molecule has 5 nitrogen and oxygen atoms in total. The van der Waals surface area contributed by atoms with Crippen LogP contribution in [0.2, 0.25) is 0 Å². The summed E-state index contributed by atoms with van der Waals surface area (Å²) in [5, 5.41) is 6.05. The quantitative estimate of drug-likeness (QED) is 0.240. The Morgan fingerprint density at radius 1 is 0.974 bits per heavy atom. The molecule has 38 heavy (non-hydrogen) atoms. The van der Waals surface area contributed by atoms with Gasteiger partial charge in [-0.25, -0.2) is 4.98 Å². The number of anilines is 1. The zero-order valence-corrected chi connectivity index (χ0v) is 21.5. The summed E-state index contributed by atoms with van der Waals surface area (Å²) in [5.41, 5.74) is 4.37. The van der Waals surface area contributed by atoms with Gasteiger partial charge in [0.25, 0.3) is 0 Å². The van der Waals surface area contributed by atoms with Crippen molar-refractivity contribution in [1.29, 1.82) is 0 Å². The van der Waals surface area contributed by atoms with E-state index < -0.39 is 11.7 Å². The second-order valence-electron chi connectivity index (χ2n) is 9.13. The van der Waals surface area contributed by atoms with Gasteiger partial charge >= 0.3 is 6.18 Å². The molecule has 0 spiro atoms. The lowest BCUT2D eigenvalue weighted by Crippen LogP contribution is -2.22. The minimum Gasteiger partial charge on any atom is -0.454 e. The third-order valence-electron chi connectivity index (χ3n) is 6.07. The van der Waals surface area contributed by atoms with Crippen LogP contribution in [0.4, 0.5) is 18.9 Å². The maximum absolute atomic E-state index is 13.3. The molecule has 196 valence electrons. The number of ether oxygens (including phenoxy) is 2. The van der Waals surface area contributed by atoms with Crippen LogP contribution in [0.15, 0.2) is 78.7 Å². The number of halogens is 3. The molecule has 0 fully saturated rings. The number of nitrogens with zero attached hydrogens (tertiary/aromatic N) is 2. The Bertz CT molecular complexity index is 1430. The standard InChI is InChI=1S/C29H26F3N3O2S/c1-19-6-9-24(10-7-19)33-20(2)25-17-38-28(34-25)16-35(14-21-4-3-5-23(12-21)29(30,31)32)15-22-8-11-26-27(13-22)37-18-36-26/h3-13,17,33H,2,14-16,18H2,1H3. The molecule has 0 aliphatic carbocycles.